The van der Waals surface area contributed by atoms with Crippen LogP contribution in [0.15, 0.2) is 121 Å². The summed E-state index contributed by atoms with van der Waals surface area (Å²) in [4.78, 5) is 0. The van der Waals surface area contributed by atoms with Gasteiger partial charge >= 0.3 is 0 Å². The number of rotatable bonds is 13. The Kier molecular flexibility index (Phi) is 13.6. The topological polar surface area (TPSA) is 71.4 Å². The van der Waals surface area contributed by atoms with Crippen LogP contribution in [0.4, 0.5) is 0 Å². The number of para-hydroxylation sites is 3. The van der Waals surface area contributed by atoms with E-state index in [1.165, 1.54) is 0 Å². The van der Waals surface area contributed by atoms with Gasteiger partial charge < -0.3 is 23.8 Å². The number of hydrogen-bond donors (Lipinski definition) is 2. The van der Waals surface area contributed by atoms with Gasteiger partial charge in [-0.3, -0.25) is 0 Å². The van der Waals surface area contributed by atoms with Gasteiger partial charge in [0.05, 0.1) is 6.61 Å². The van der Waals surface area contributed by atoms with Gasteiger partial charge in [-0.25, -0.2) is 4.67 Å². The Balaban J connectivity index is 0.000000211. The lowest BCUT2D eigenvalue weighted by Crippen LogP contribution is -2.24. The molecule has 2 N–H and O–H groups in total. The van der Waals surface area contributed by atoms with E-state index in [1.54, 1.807) is 0 Å². The molecule has 0 bridgehead atoms. The summed E-state index contributed by atoms with van der Waals surface area (Å²) >= 11 is 0. The summed E-state index contributed by atoms with van der Waals surface area (Å²) in [5.41, 5.74) is 0. The molecule has 4 aromatic rings. The zero-order valence-corrected chi connectivity index (χ0v) is 23.3. The molecule has 8 heteroatoms. The minimum absolute atomic E-state index is 0.125. The average Bonchev–Trinajstić information content (AvgIpc) is 2.97. The molecule has 4 aromatic carbocycles. The van der Waals surface area contributed by atoms with E-state index in [2.05, 4.69) is 16.8 Å². The fourth-order valence-electron chi connectivity index (χ4n) is 3.20. The maximum Gasteiger partial charge on any atom is 0.290 e. The van der Waals surface area contributed by atoms with Crippen LogP contribution >= 0.6 is 16.7 Å². The highest BCUT2D eigenvalue weighted by atomic mass is 31.2. The van der Waals surface area contributed by atoms with Crippen LogP contribution in [-0.4, -0.2) is 47.9 Å². The van der Waals surface area contributed by atoms with Gasteiger partial charge in [-0.1, -0.05) is 72.8 Å². The van der Waals surface area contributed by atoms with Gasteiger partial charge in [0.2, 0.25) is 0 Å². The molecular weight excluding hydrogens is 516 g/mol. The standard InChI is InChI=1S/C15H18NO2P.C15H17O3P/c1-16(12-13-17)19(15-10-6-3-7-11-15)18-14-8-4-2-5-9-14;16-12-7-13-19(17-14-8-3-1-4-9-14)18-15-10-5-2-6-11-15/h2-11,17H,12-13H2,1H3;1-6,8-11,16H,7,12-13H2. The Morgan fingerprint density at radius 1 is 0.579 bits per heavy atom. The smallest absolute Gasteiger partial charge is 0.290 e. The van der Waals surface area contributed by atoms with E-state index < -0.39 is 16.7 Å². The van der Waals surface area contributed by atoms with Gasteiger partial charge in [-0.2, -0.15) is 0 Å². The van der Waals surface area contributed by atoms with Crippen molar-refractivity contribution in [3.8, 4) is 17.2 Å². The summed E-state index contributed by atoms with van der Waals surface area (Å²) in [5.74, 6) is 2.44. The highest BCUT2D eigenvalue weighted by Crippen LogP contribution is 2.41. The van der Waals surface area contributed by atoms with Gasteiger partial charge in [0.15, 0.2) is 8.30 Å². The van der Waals surface area contributed by atoms with Crippen molar-refractivity contribution in [3.63, 3.8) is 0 Å². The van der Waals surface area contributed by atoms with Crippen molar-refractivity contribution >= 4 is 22.0 Å². The molecule has 38 heavy (non-hydrogen) atoms. The van der Waals surface area contributed by atoms with Crippen LogP contribution in [0, 0.1) is 0 Å². The second-order valence-corrected chi connectivity index (χ2v) is 11.5. The van der Waals surface area contributed by atoms with Crippen LogP contribution in [0.2, 0.25) is 0 Å². The van der Waals surface area contributed by atoms with Crippen molar-refractivity contribution in [2.45, 2.75) is 6.42 Å². The van der Waals surface area contributed by atoms with Crippen LogP contribution in [0.3, 0.4) is 0 Å². The van der Waals surface area contributed by atoms with Crippen molar-refractivity contribution in [2.24, 2.45) is 0 Å². The normalized spacial score (nSPS) is 11.4. The molecule has 0 aliphatic carbocycles. The fourth-order valence-corrected chi connectivity index (χ4v) is 6.19. The molecule has 0 saturated heterocycles. The van der Waals surface area contributed by atoms with Gasteiger partial charge in [-0.05, 0) is 62.0 Å². The Bertz CT molecular complexity index is 1080. The second-order valence-electron chi connectivity index (χ2n) is 8.06. The number of hydrogen-bond acceptors (Lipinski definition) is 6. The third kappa shape index (κ3) is 10.8. The first-order valence-corrected chi connectivity index (χ1v) is 15.0. The molecule has 1 atom stereocenters. The Hall–Kier alpha value is -2.98. The highest BCUT2D eigenvalue weighted by molar-refractivity contribution is 7.58. The maximum absolute atomic E-state index is 9.11. The number of aliphatic hydroxyl groups is 2. The van der Waals surface area contributed by atoms with Crippen LogP contribution in [0.1, 0.15) is 6.42 Å². The predicted octanol–water partition coefficient (Wildman–Crippen LogP) is 6.47. The average molecular weight is 552 g/mol. The van der Waals surface area contributed by atoms with E-state index in [0.717, 1.165) is 22.6 Å². The van der Waals surface area contributed by atoms with Gasteiger partial charge in [0, 0.05) is 24.6 Å². The number of benzene rings is 4. The van der Waals surface area contributed by atoms with Crippen LogP contribution in [0.5, 0.6) is 17.2 Å². The molecule has 1 unspecified atom stereocenters. The molecule has 200 valence electrons. The maximum atomic E-state index is 9.11. The number of likely N-dealkylation sites (N-methyl/N-ethyl adjacent to an activating group) is 1. The molecule has 0 aromatic heterocycles. The van der Waals surface area contributed by atoms with E-state index >= 15 is 0 Å². The summed E-state index contributed by atoms with van der Waals surface area (Å²) in [6.45, 7) is 0.864. The minimum Gasteiger partial charge on any atom is -0.454 e. The van der Waals surface area contributed by atoms with Crippen molar-refractivity contribution < 1.29 is 23.8 Å². The third-order valence-electron chi connectivity index (χ3n) is 5.05. The van der Waals surface area contributed by atoms with Crippen LogP contribution < -0.4 is 18.9 Å². The lowest BCUT2D eigenvalue weighted by molar-refractivity contribution is 0.267. The quantitative estimate of drug-likeness (QED) is 0.186. The molecule has 0 aliphatic rings. The molecule has 0 saturated carbocycles. The lowest BCUT2D eigenvalue weighted by Gasteiger charge is -2.27. The monoisotopic (exact) mass is 551 g/mol. The van der Waals surface area contributed by atoms with E-state index in [9.17, 15) is 0 Å². The predicted molar refractivity (Wildman–Crippen MR) is 157 cm³/mol. The van der Waals surface area contributed by atoms with E-state index in [-0.39, 0.29) is 13.2 Å². The van der Waals surface area contributed by atoms with Crippen molar-refractivity contribution in [1.82, 2.24) is 4.67 Å². The summed E-state index contributed by atoms with van der Waals surface area (Å²) < 4.78 is 19.9. The van der Waals surface area contributed by atoms with Gasteiger partial charge in [0.25, 0.3) is 8.38 Å². The van der Waals surface area contributed by atoms with E-state index in [0.29, 0.717) is 19.1 Å². The molecule has 4 rings (SSSR count). The number of aliphatic hydroxyl groups excluding tert-OH is 2. The molecule has 0 spiro atoms. The Morgan fingerprint density at radius 2 is 1.00 bits per heavy atom. The van der Waals surface area contributed by atoms with Crippen molar-refractivity contribution in [2.75, 3.05) is 33.0 Å². The summed E-state index contributed by atoms with van der Waals surface area (Å²) in [5, 5.41) is 19.2. The molecular formula is C30H35NO5P2. The molecule has 0 fully saturated rings. The van der Waals surface area contributed by atoms with Crippen molar-refractivity contribution in [3.05, 3.63) is 121 Å². The first-order valence-electron chi connectivity index (χ1n) is 12.4. The van der Waals surface area contributed by atoms with Crippen LogP contribution in [0.25, 0.3) is 0 Å². The minimum atomic E-state index is -1.08. The largest absolute Gasteiger partial charge is 0.454 e. The van der Waals surface area contributed by atoms with Crippen molar-refractivity contribution in [1.29, 1.82) is 0 Å². The highest BCUT2D eigenvalue weighted by Gasteiger charge is 2.19. The zero-order chi connectivity index (χ0) is 26.8. The molecule has 0 heterocycles. The second kappa shape index (κ2) is 17.5. The van der Waals surface area contributed by atoms with Crippen LogP contribution in [-0.2, 0) is 0 Å². The zero-order valence-electron chi connectivity index (χ0n) is 21.5. The third-order valence-corrected chi connectivity index (χ3v) is 8.50. The number of nitrogens with zero attached hydrogens (tertiary/aromatic N) is 1. The molecule has 0 radical (unpaired) electrons. The SMILES string of the molecule is CN(CCO)P(Oc1ccccc1)c1ccccc1.OCCCP(Oc1ccccc1)Oc1ccccc1. The lowest BCUT2D eigenvalue weighted by atomic mass is 10.3. The Labute approximate surface area is 228 Å². The summed E-state index contributed by atoms with van der Waals surface area (Å²) in [7, 11) is -0.0348. The first-order chi connectivity index (χ1) is 18.7. The van der Waals surface area contributed by atoms with E-state index in [1.807, 2.05) is 116 Å². The first kappa shape index (κ1) is 29.6. The molecule has 6 nitrogen and oxygen atoms in total. The fraction of sp³-hybridized carbons (Fsp3) is 0.200. The molecule has 0 amide bonds. The van der Waals surface area contributed by atoms with Gasteiger partial charge in [-0.15, -0.1) is 0 Å². The molecule has 0 aliphatic heterocycles. The van der Waals surface area contributed by atoms with Gasteiger partial charge in [0.1, 0.15) is 17.2 Å². The van der Waals surface area contributed by atoms with E-state index in [4.69, 9.17) is 23.8 Å². The Morgan fingerprint density at radius 3 is 1.42 bits per heavy atom. The summed E-state index contributed by atoms with van der Waals surface area (Å²) in [6.07, 6.45) is 1.38. The summed E-state index contributed by atoms with van der Waals surface area (Å²) in [6, 6.07) is 39.1.